The van der Waals surface area contributed by atoms with Crippen LogP contribution in [0.2, 0.25) is 0 Å². The molecule has 0 saturated carbocycles. The van der Waals surface area contributed by atoms with E-state index < -0.39 is 0 Å². The van der Waals surface area contributed by atoms with E-state index in [0.717, 1.165) is 56.3 Å². The first-order chi connectivity index (χ1) is 15.6. The summed E-state index contributed by atoms with van der Waals surface area (Å²) in [6.07, 6.45) is 5.31. The summed E-state index contributed by atoms with van der Waals surface area (Å²) in [6, 6.07) is 14.3. The van der Waals surface area contributed by atoms with Crippen molar-refractivity contribution in [1.29, 1.82) is 0 Å². The minimum absolute atomic E-state index is 0.0524. The normalized spacial score (nSPS) is 21.9. The van der Waals surface area contributed by atoms with Gasteiger partial charge in [-0.2, -0.15) is 0 Å². The summed E-state index contributed by atoms with van der Waals surface area (Å²) in [5.74, 6) is 0.758. The lowest BCUT2D eigenvalue weighted by Gasteiger charge is -2.38. The van der Waals surface area contributed by atoms with Crippen LogP contribution >= 0.6 is 0 Å². The van der Waals surface area contributed by atoms with Gasteiger partial charge in [-0.1, -0.05) is 24.3 Å². The Hall–Kier alpha value is -2.86. The summed E-state index contributed by atoms with van der Waals surface area (Å²) in [5.41, 5.74) is 1.87. The van der Waals surface area contributed by atoms with E-state index in [1.165, 1.54) is 18.6 Å². The highest BCUT2D eigenvalue weighted by Gasteiger charge is 2.42. The minimum Gasteiger partial charge on any atom is -0.493 e. The second kappa shape index (κ2) is 8.58. The maximum Gasteiger partial charge on any atom is 0.289 e. The maximum atomic E-state index is 13.3. The number of fused-ring (bicyclic) bond motifs is 1. The molecule has 168 valence electrons. The molecule has 2 aliphatic heterocycles. The number of methoxy groups -OCH3 is 1. The van der Waals surface area contributed by atoms with Gasteiger partial charge in [-0.3, -0.25) is 9.69 Å². The summed E-state index contributed by atoms with van der Waals surface area (Å²) < 4.78 is 24.6. The Morgan fingerprint density at radius 2 is 1.84 bits per heavy atom. The zero-order valence-corrected chi connectivity index (χ0v) is 18.5. The van der Waals surface area contributed by atoms with Gasteiger partial charge in [0.05, 0.1) is 7.11 Å². The number of rotatable bonds is 4. The SMILES string of the molecule is COc1cccc2cc(C(=O)N3CCC[C@@]4(CCCN4Cc4ccc(F)cc4)CC3)oc12. The van der Waals surface area contributed by atoms with Crippen LogP contribution in [0.4, 0.5) is 4.39 Å². The highest BCUT2D eigenvalue weighted by molar-refractivity contribution is 5.97. The first kappa shape index (κ1) is 21.0. The number of ether oxygens (including phenoxy) is 1. The number of amides is 1. The van der Waals surface area contributed by atoms with E-state index in [1.807, 2.05) is 41.3 Å². The number of hydrogen-bond donors (Lipinski definition) is 0. The molecule has 32 heavy (non-hydrogen) atoms. The van der Waals surface area contributed by atoms with Gasteiger partial charge in [-0.25, -0.2) is 4.39 Å². The van der Waals surface area contributed by atoms with Crippen LogP contribution in [-0.4, -0.2) is 48.0 Å². The smallest absolute Gasteiger partial charge is 0.289 e. The van der Waals surface area contributed by atoms with Crippen molar-refractivity contribution in [3.8, 4) is 5.75 Å². The lowest BCUT2D eigenvalue weighted by atomic mass is 9.87. The predicted molar refractivity (Wildman–Crippen MR) is 121 cm³/mol. The fourth-order valence-corrected chi connectivity index (χ4v) is 5.46. The molecule has 3 aromatic rings. The van der Waals surface area contributed by atoms with Crippen LogP contribution < -0.4 is 4.74 Å². The van der Waals surface area contributed by atoms with Gasteiger partial charge < -0.3 is 14.1 Å². The zero-order chi connectivity index (χ0) is 22.1. The molecule has 0 bridgehead atoms. The molecular weight excluding hydrogens is 407 g/mol. The van der Waals surface area contributed by atoms with Gasteiger partial charge in [0.2, 0.25) is 0 Å². The highest BCUT2D eigenvalue weighted by Crippen LogP contribution is 2.40. The first-order valence-corrected chi connectivity index (χ1v) is 11.4. The Morgan fingerprint density at radius 3 is 2.62 bits per heavy atom. The van der Waals surface area contributed by atoms with Gasteiger partial charge in [0.15, 0.2) is 17.1 Å². The van der Waals surface area contributed by atoms with E-state index in [9.17, 15) is 9.18 Å². The average molecular weight is 437 g/mol. The Kier molecular flexibility index (Phi) is 5.64. The molecule has 2 saturated heterocycles. The number of nitrogens with zero attached hydrogens (tertiary/aromatic N) is 2. The van der Waals surface area contributed by atoms with Gasteiger partial charge in [0.1, 0.15) is 5.82 Å². The second-order valence-electron chi connectivity index (χ2n) is 9.01. The maximum absolute atomic E-state index is 13.3. The van der Waals surface area contributed by atoms with Crippen molar-refractivity contribution in [2.45, 2.75) is 44.2 Å². The van der Waals surface area contributed by atoms with Crippen LogP contribution in [0, 0.1) is 5.82 Å². The number of furan rings is 1. The van der Waals surface area contributed by atoms with Crippen LogP contribution in [0.15, 0.2) is 52.9 Å². The molecule has 2 aromatic carbocycles. The number of hydrogen-bond acceptors (Lipinski definition) is 4. The molecule has 2 fully saturated rings. The summed E-state index contributed by atoms with van der Waals surface area (Å²) in [5, 5.41) is 0.875. The lowest BCUT2D eigenvalue weighted by Crippen LogP contribution is -2.44. The van der Waals surface area contributed by atoms with Crippen LogP contribution in [0.3, 0.4) is 0 Å². The lowest BCUT2D eigenvalue weighted by molar-refractivity contribution is 0.0709. The number of para-hydroxylation sites is 1. The topological polar surface area (TPSA) is 45.9 Å². The number of carbonyl (C=O) groups excluding carboxylic acids is 1. The van der Waals surface area contributed by atoms with Crippen LogP contribution in [0.5, 0.6) is 5.75 Å². The van der Waals surface area contributed by atoms with E-state index in [-0.39, 0.29) is 17.3 Å². The number of benzene rings is 2. The van der Waals surface area contributed by atoms with Gasteiger partial charge in [-0.15, -0.1) is 0 Å². The van der Waals surface area contributed by atoms with Crippen LogP contribution in [0.25, 0.3) is 11.0 Å². The number of likely N-dealkylation sites (tertiary alicyclic amines) is 2. The molecule has 0 aliphatic carbocycles. The van der Waals surface area contributed by atoms with Crippen molar-refractivity contribution in [2.24, 2.45) is 0 Å². The minimum atomic E-state index is -0.197. The average Bonchev–Trinajstić information content (AvgIpc) is 3.34. The molecule has 0 radical (unpaired) electrons. The Bertz CT molecular complexity index is 1110. The van der Waals surface area contributed by atoms with Crippen molar-refractivity contribution >= 4 is 16.9 Å². The third kappa shape index (κ3) is 3.88. The standard InChI is InChI=1S/C26H29FN2O3/c1-31-22-6-2-5-20-17-23(32-24(20)22)25(30)28-14-3-11-26(13-16-28)12-4-15-29(26)18-19-7-9-21(27)10-8-19/h2,5-10,17H,3-4,11-16,18H2,1H3/t26-/m1/s1. The van der Waals surface area contributed by atoms with E-state index >= 15 is 0 Å². The summed E-state index contributed by atoms with van der Waals surface area (Å²) in [4.78, 5) is 17.8. The third-order valence-electron chi connectivity index (χ3n) is 7.17. The molecule has 3 heterocycles. The Labute approximate surface area is 187 Å². The quantitative estimate of drug-likeness (QED) is 0.561. The largest absolute Gasteiger partial charge is 0.493 e. The monoisotopic (exact) mass is 436 g/mol. The Balaban J connectivity index is 1.31. The first-order valence-electron chi connectivity index (χ1n) is 11.4. The Morgan fingerprint density at radius 1 is 1.06 bits per heavy atom. The molecule has 1 amide bonds. The fraction of sp³-hybridized carbons (Fsp3) is 0.423. The third-order valence-corrected chi connectivity index (χ3v) is 7.17. The van der Waals surface area contributed by atoms with E-state index in [4.69, 9.17) is 9.15 Å². The fourth-order valence-electron chi connectivity index (χ4n) is 5.46. The number of carbonyl (C=O) groups is 1. The molecular formula is C26H29FN2O3. The second-order valence-corrected chi connectivity index (χ2v) is 9.01. The van der Waals surface area contributed by atoms with E-state index in [0.29, 0.717) is 23.6 Å². The molecule has 0 unspecified atom stereocenters. The summed E-state index contributed by atoms with van der Waals surface area (Å²) >= 11 is 0. The molecule has 5 rings (SSSR count). The van der Waals surface area contributed by atoms with Crippen molar-refractivity contribution in [1.82, 2.24) is 9.80 Å². The molecule has 1 atom stereocenters. The van der Waals surface area contributed by atoms with Gasteiger partial charge >= 0.3 is 0 Å². The molecule has 1 aromatic heterocycles. The number of halogens is 1. The molecule has 1 spiro atoms. The van der Waals surface area contributed by atoms with Crippen LogP contribution in [-0.2, 0) is 6.54 Å². The molecule has 5 nitrogen and oxygen atoms in total. The van der Waals surface area contributed by atoms with E-state index in [1.54, 1.807) is 7.11 Å². The molecule has 2 aliphatic rings. The molecule has 6 heteroatoms. The summed E-state index contributed by atoms with van der Waals surface area (Å²) in [7, 11) is 1.60. The van der Waals surface area contributed by atoms with E-state index in [2.05, 4.69) is 4.90 Å². The van der Waals surface area contributed by atoms with Gasteiger partial charge in [-0.05, 0) is 68.5 Å². The van der Waals surface area contributed by atoms with Crippen LogP contribution in [0.1, 0.15) is 48.2 Å². The van der Waals surface area contributed by atoms with Crippen molar-refractivity contribution in [3.05, 3.63) is 65.7 Å². The van der Waals surface area contributed by atoms with Crippen molar-refractivity contribution in [2.75, 3.05) is 26.7 Å². The van der Waals surface area contributed by atoms with Crippen molar-refractivity contribution in [3.63, 3.8) is 0 Å². The van der Waals surface area contributed by atoms with Gasteiger partial charge in [0.25, 0.3) is 5.91 Å². The van der Waals surface area contributed by atoms with Gasteiger partial charge in [0, 0.05) is 30.6 Å². The molecule has 0 N–H and O–H groups in total. The predicted octanol–water partition coefficient (Wildman–Crippen LogP) is 5.24. The zero-order valence-electron chi connectivity index (χ0n) is 18.5. The van der Waals surface area contributed by atoms with Crippen molar-refractivity contribution < 1.29 is 18.3 Å². The highest BCUT2D eigenvalue weighted by atomic mass is 19.1. The summed E-state index contributed by atoms with van der Waals surface area (Å²) in [6.45, 7) is 3.33.